The Kier molecular flexibility index (Phi) is 5.03. The van der Waals surface area contributed by atoms with Gasteiger partial charge in [0.25, 0.3) is 5.90 Å². The van der Waals surface area contributed by atoms with Gasteiger partial charge in [-0.3, -0.25) is 0 Å². The first-order valence-corrected chi connectivity index (χ1v) is 9.82. The third-order valence-electron chi connectivity index (χ3n) is 5.34. The van der Waals surface area contributed by atoms with E-state index in [9.17, 15) is 9.59 Å². The van der Waals surface area contributed by atoms with E-state index in [1.165, 1.54) is 11.6 Å². The van der Waals surface area contributed by atoms with E-state index in [0.29, 0.717) is 24.0 Å². The van der Waals surface area contributed by atoms with Crippen LogP contribution >= 0.6 is 0 Å². The molecule has 2 aromatic rings. The van der Waals surface area contributed by atoms with E-state index in [2.05, 4.69) is 5.32 Å². The minimum atomic E-state index is -0.706. The van der Waals surface area contributed by atoms with E-state index >= 15 is 0 Å². The maximum atomic E-state index is 13.1. The van der Waals surface area contributed by atoms with Crippen LogP contribution in [-0.2, 0) is 9.53 Å². The fourth-order valence-electron chi connectivity index (χ4n) is 3.69. The standard InChI is InChI=1S/C23H24N3O4/c1-5-29-16-12-10-15(11-13-16)18-19-21(27)25(3)23(28)26(4)22(19)30-20(18)24-17-9-7-6-8-14(17)2/h6-13,19,24H,5H2,1-4H3/q+1. The molecule has 4 rings (SSSR count). The van der Waals surface area contributed by atoms with Gasteiger partial charge in [0.15, 0.2) is 5.92 Å². The molecule has 2 aromatic carbocycles. The molecule has 3 amide bonds. The summed E-state index contributed by atoms with van der Waals surface area (Å²) < 4.78 is 13.0. The van der Waals surface area contributed by atoms with Gasteiger partial charge in [0, 0.05) is 11.3 Å². The average Bonchev–Trinajstić information content (AvgIpc) is 3.12. The normalized spacial score (nSPS) is 18.5. The number of anilines is 1. The number of nitrogens with zero attached hydrogens (tertiary/aromatic N) is 2. The van der Waals surface area contributed by atoms with Crippen molar-refractivity contribution in [3.8, 4) is 5.75 Å². The zero-order valence-corrected chi connectivity index (χ0v) is 17.4. The number of aryl methyl sites for hydroxylation is 1. The number of benzene rings is 2. The first-order chi connectivity index (χ1) is 14.4. The van der Waals surface area contributed by atoms with Gasteiger partial charge in [-0.1, -0.05) is 30.3 Å². The van der Waals surface area contributed by atoms with Crippen LogP contribution in [0.25, 0.3) is 5.57 Å². The van der Waals surface area contributed by atoms with Gasteiger partial charge in [0.2, 0.25) is 5.88 Å². The van der Waals surface area contributed by atoms with Crippen LogP contribution in [0.15, 0.2) is 54.4 Å². The van der Waals surface area contributed by atoms with Crippen LogP contribution in [-0.4, -0.2) is 48.0 Å². The number of imide groups is 1. The number of ether oxygens (including phenoxy) is 2. The van der Waals surface area contributed by atoms with Crippen molar-refractivity contribution < 1.29 is 23.6 Å². The molecule has 1 N–H and O–H groups in total. The highest BCUT2D eigenvalue weighted by atomic mass is 16.5. The number of amides is 3. The molecule has 0 fully saturated rings. The summed E-state index contributed by atoms with van der Waals surface area (Å²) in [6.45, 7) is 4.49. The zero-order chi connectivity index (χ0) is 21.4. The Labute approximate surface area is 175 Å². The van der Waals surface area contributed by atoms with Crippen molar-refractivity contribution in [2.24, 2.45) is 5.92 Å². The van der Waals surface area contributed by atoms with Crippen LogP contribution in [0, 0.1) is 12.8 Å². The van der Waals surface area contributed by atoms with E-state index in [1.807, 2.05) is 62.4 Å². The molecule has 0 saturated carbocycles. The number of fused-ring (bicyclic) bond motifs is 1. The summed E-state index contributed by atoms with van der Waals surface area (Å²) in [5.74, 6) is 0.471. The Hall–Kier alpha value is -3.61. The summed E-state index contributed by atoms with van der Waals surface area (Å²) in [7, 11) is 3.10. The third-order valence-corrected chi connectivity index (χ3v) is 5.34. The van der Waals surface area contributed by atoms with Gasteiger partial charge in [-0.05, 0) is 43.2 Å². The number of para-hydroxylation sites is 1. The van der Waals surface area contributed by atoms with E-state index in [1.54, 1.807) is 7.05 Å². The molecule has 30 heavy (non-hydrogen) atoms. The number of carbonyl (C=O) groups is 2. The van der Waals surface area contributed by atoms with Gasteiger partial charge in [-0.15, -0.1) is 0 Å². The summed E-state index contributed by atoms with van der Waals surface area (Å²) in [6.07, 6.45) is 0. The highest BCUT2D eigenvalue weighted by molar-refractivity contribution is 6.18. The Morgan fingerprint density at radius 2 is 1.83 bits per heavy atom. The molecule has 7 heteroatoms. The quantitative estimate of drug-likeness (QED) is 0.770. The number of hydrogen-bond donors (Lipinski definition) is 1. The van der Waals surface area contributed by atoms with Crippen molar-refractivity contribution in [2.45, 2.75) is 13.8 Å². The summed E-state index contributed by atoms with van der Waals surface area (Å²) in [6, 6.07) is 14.9. The number of rotatable bonds is 5. The summed E-state index contributed by atoms with van der Waals surface area (Å²) in [5.41, 5.74) is 3.41. The minimum Gasteiger partial charge on any atom is -0.494 e. The highest BCUT2D eigenvalue weighted by Gasteiger charge is 2.53. The molecule has 0 radical (unpaired) electrons. The lowest BCUT2D eigenvalue weighted by atomic mass is 9.91. The van der Waals surface area contributed by atoms with Crippen LogP contribution in [0.1, 0.15) is 18.1 Å². The Morgan fingerprint density at radius 3 is 2.50 bits per heavy atom. The highest BCUT2D eigenvalue weighted by Crippen LogP contribution is 2.39. The molecule has 1 unspecified atom stereocenters. The summed E-state index contributed by atoms with van der Waals surface area (Å²) in [5, 5.41) is 3.32. The first kappa shape index (κ1) is 19.7. The van der Waals surface area contributed by atoms with E-state index < -0.39 is 11.9 Å². The largest absolute Gasteiger partial charge is 0.502 e. The molecule has 0 spiro atoms. The van der Waals surface area contributed by atoms with Crippen LogP contribution in [0.4, 0.5) is 10.5 Å². The fourth-order valence-corrected chi connectivity index (χ4v) is 3.69. The molecule has 1 atom stereocenters. The van der Waals surface area contributed by atoms with Gasteiger partial charge in [-0.2, -0.15) is 14.3 Å². The van der Waals surface area contributed by atoms with E-state index in [0.717, 1.165) is 27.5 Å². The number of carbonyl (C=O) groups excluding carboxylic acids is 2. The first-order valence-electron chi connectivity index (χ1n) is 9.82. The molecular formula is C23H24N3O4+. The lowest BCUT2D eigenvalue weighted by molar-refractivity contribution is -0.415. The molecule has 2 heterocycles. The van der Waals surface area contributed by atoms with E-state index in [4.69, 9.17) is 9.47 Å². The SMILES string of the molecule is CCOc1ccc(C2=C(Nc3ccccc3C)OC3=[N+](C)C(=O)N(C)C(=O)C23)cc1. The molecule has 0 aromatic heterocycles. The predicted molar refractivity (Wildman–Crippen MR) is 113 cm³/mol. The molecule has 0 aliphatic carbocycles. The van der Waals surface area contributed by atoms with Crippen LogP contribution in [0.5, 0.6) is 5.75 Å². The fraction of sp³-hybridized carbons (Fsp3) is 0.261. The molecule has 2 aliphatic heterocycles. The van der Waals surface area contributed by atoms with Gasteiger partial charge < -0.3 is 14.8 Å². The van der Waals surface area contributed by atoms with Crippen LogP contribution in [0.3, 0.4) is 0 Å². The predicted octanol–water partition coefficient (Wildman–Crippen LogP) is 3.45. The van der Waals surface area contributed by atoms with Gasteiger partial charge in [-0.25, -0.2) is 4.79 Å². The monoisotopic (exact) mass is 406 g/mol. The lowest BCUT2D eigenvalue weighted by Crippen LogP contribution is -2.51. The maximum absolute atomic E-state index is 13.1. The van der Waals surface area contributed by atoms with Gasteiger partial charge in [0.05, 0.1) is 20.7 Å². The Balaban J connectivity index is 1.85. The van der Waals surface area contributed by atoms with Crippen molar-refractivity contribution in [3.05, 3.63) is 65.5 Å². The number of hydrogen-bond acceptors (Lipinski definition) is 5. The number of nitrogens with one attached hydrogen (secondary N) is 1. The maximum Gasteiger partial charge on any atom is 0.502 e. The third kappa shape index (κ3) is 3.22. The van der Waals surface area contributed by atoms with Crippen LogP contribution < -0.4 is 10.1 Å². The molecule has 2 aliphatic rings. The second kappa shape index (κ2) is 7.67. The van der Waals surface area contributed by atoms with Crippen molar-refractivity contribution in [3.63, 3.8) is 0 Å². The van der Waals surface area contributed by atoms with Crippen molar-refractivity contribution >= 4 is 29.1 Å². The summed E-state index contributed by atoms with van der Waals surface area (Å²) >= 11 is 0. The molecule has 154 valence electrons. The van der Waals surface area contributed by atoms with Crippen molar-refractivity contribution in [1.29, 1.82) is 0 Å². The van der Waals surface area contributed by atoms with Gasteiger partial charge in [0.1, 0.15) is 5.75 Å². The molecular weight excluding hydrogens is 382 g/mol. The van der Waals surface area contributed by atoms with Crippen LogP contribution in [0.2, 0.25) is 0 Å². The summed E-state index contributed by atoms with van der Waals surface area (Å²) in [4.78, 5) is 26.6. The topological polar surface area (TPSA) is 70.9 Å². The average molecular weight is 406 g/mol. The van der Waals surface area contributed by atoms with Crippen molar-refractivity contribution in [1.82, 2.24) is 4.90 Å². The molecule has 0 bridgehead atoms. The van der Waals surface area contributed by atoms with Crippen molar-refractivity contribution in [2.75, 3.05) is 26.0 Å². The second-order valence-corrected chi connectivity index (χ2v) is 7.25. The van der Waals surface area contributed by atoms with E-state index in [-0.39, 0.29) is 5.91 Å². The molecule has 7 nitrogen and oxygen atoms in total. The lowest BCUT2D eigenvalue weighted by Gasteiger charge is -2.20. The second-order valence-electron chi connectivity index (χ2n) is 7.25. The van der Waals surface area contributed by atoms with Gasteiger partial charge >= 0.3 is 11.9 Å². The minimum absolute atomic E-state index is 0.308. The zero-order valence-electron chi connectivity index (χ0n) is 17.4. The number of urea groups is 1. The smallest absolute Gasteiger partial charge is 0.494 e. The Bertz CT molecular complexity index is 1090. The molecule has 0 saturated heterocycles. The Morgan fingerprint density at radius 1 is 1.13 bits per heavy atom.